The number of hydrogen-bond donors (Lipinski definition) is 0. The van der Waals surface area contributed by atoms with Gasteiger partial charge in [-0.2, -0.15) is 0 Å². The Bertz CT molecular complexity index is 714. The average Bonchev–Trinajstić information content (AvgIpc) is 2.65. The molecule has 1 unspecified atom stereocenters. The van der Waals surface area contributed by atoms with Crippen LogP contribution < -0.4 is 0 Å². The fourth-order valence-corrected chi connectivity index (χ4v) is 4.11. The summed E-state index contributed by atoms with van der Waals surface area (Å²) in [4.78, 5) is 24.9. The number of methoxy groups -OCH3 is 1. The first-order valence-corrected chi connectivity index (χ1v) is 14.9. The average molecular weight is 502 g/mol. The minimum absolute atomic E-state index is 0.200. The van der Waals surface area contributed by atoms with Crippen molar-refractivity contribution in [1.82, 2.24) is 0 Å². The molecule has 0 saturated heterocycles. The molecule has 0 aliphatic rings. The Kier molecular flexibility index (Phi) is 10.2. The molecule has 170 valence electrons. The van der Waals surface area contributed by atoms with Gasteiger partial charge in [0.05, 0.1) is 31.2 Å². The van der Waals surface area contributed by atoms with Gasteiger partial charge in [0.1, 0.15) is 0 Å². The maximum atomic E-state index is 13.1. The van der Waals surface area contributed by atoms with Crippen molar-refractivity contribution < 1.29 is 23.8 Å². The SMILES string of the molecule is COC(=O)C(C)(C)COCCCC(C)(C(=O)OCC[Si](C)(C)C)c1cccc(Br)c1. The van der Waals surface area contributed by atoms with Crippen molar-refractivity contribution >= 4 is 35.9 Å². The van der Waals surface area contributed by atoms with Gasteiger partial charge in [-0.1, -0.05) is 47.7 Å². The summed E-state index contributed by atoms with van der Waals surface area (Å²) in [5, 5.41) is 0. The van der Waals surface area contributed by atoms with Gasteiger partial charge < -0.3 is 14.2 Å². The smallest absolute Gasteiger partial charge is 0.316 e. The molecule has 0 aliphatic heterocycles. The molecule has 7 heteroatoms. The van der Waals surface area contributed by atoms with E-state index in [-0.39, 0.29) is 18.5 Å². The Morgan fingerprint density at radius 2 is 1.73 bits per heavy atom. The maximum absolute atomic E-state index is 13.1. The van der Waals surface area contributed by atoms with Crippen LogP contribution in [0.4, 0.5) is 0 Å². The Morgan fingerprint density at radius 1 is 1.07 bits per heavy atom. The number of ether oxygens (including phenoxy) is 3. The second-order valence-electron chi connectivity index (χ2n) is 9.82. The number of benzene rings is 1. The highest BCUT2D eigenvalue weighted by Crippen LogP contribution is 2.33. The first-order valence-electron chi connectivity index (χ1n) is 10.4. The van der Waals surface area contributed by atoms with Crippen LogP contribution in [0.2, 0.25) is 25.7 Å². The number of carbonyl (C=O) groups is 2. The summed E-state index contributed by atoms with van der Waals surface area (Å²) in [6, 6.07) is 8.76. The van der Waals surface area contributed by atoms with E-state index >= 15 is 0 Å². The van der Waals surface area contributed by atoms with Crippen LogP contribution in [0, 0.1) is 5.41 Å². The Balaban J connectivity index is 2.77. The van der Waals surface area contributed by atoms with Crippen molar-refractivity contribution in [1.29, 1.82) is 0 Å². The molecule has 0 aliphatic carbocycles. The topological polar surface area (TPSA) is 61.8 Å². The fourth-order valence-electron chi connectivity index (χ4n) is 3.00. The lowest BCUT2D eigenvalue weighted by Crippen LogP contribution is -2.36. The predicted molar refractivity (Wildman–Crippen MR) is 126 cm³/mol. The Labute approximate surface area is 191 Å². The molecule has 0 spiro atoms. The molecule has 0 fully saturated rings. The van der Waals surface area contributed by atoms with Crippen LogP contribution in [0.3, 0.4) is 0 Å². The fraction of sp³-hybridized carbons (Fsp3) is 0.652. The third kappa shape index (κ3) is 8.51. The van der Waals surface area contributed by atoms with Crippen molar-refractivity contribution in [2.24, 2.45) is 5.41 Å². The van der Waals surface area contributed by atoms with E-state index in [4.69, 9.17) is 14.2 Å². The van der Waals surface area contributed by atoms with E-state index in [1.54, 1.807) is 13.8 Å². The van der Waals surface area contributed by atoms with Gasteiger partial charge in [0.2, 0.25) is 0 Å². The minimum Gasteiger partial charge on any atom is -0.469 e. The zero-order valence-corrected chi connectivity index (χ0v) is 22.1. The summed E-state index contributed by atoms with van der Waals surface area (Å²) in [6.45, 7) is 13.5. The van der Waals surface area contributed by atoms with Crippen molar-refractivity contribution in [2.75, 3.05) is 26.9 Å². The molecular weight excluding hydrogens is 464 g/mol. The number of esters is 2. The van der Waals surface area contributed by atoms with E-state index < -0.39 is 18.9 Å². The molecule has 0 saturated carbocycles. The van der Waals surface area contributed by atoms with Crippen molar-refractivity contribution in [3.63, 3.8) is 0 Å². The second kappa shape index (κ2) is 11.4. The quantitative estimate of drug-likeness (QED) is 0.213. The number of carbonyl (C=O) groups excluding carboxylic acids is 2. The summed E-state index contributed by atoms with van der Waals surface area (Å²) in [5.74, 6) is -0.499. The zero-order valence-electron chi connectivity index (χ0n) is 19.5. The molecule has 1 atom stereocenters. The molecule has 0 N–H and O–H groups in total. The van der Waals surface area contributed by atoms with Crippen LogP contribution in [0.15, 0.2) is 28.7 Å². The van der Waals surface area contributed by atoms with Crippen LogP contribution in [-0.4, -0.2) is 46.9 Å². The molecule has 0 bridgehead atoms. The van der Waals surface area contributed by atoms with Crippen LogP contribution in [0.5, 0.6) is 0 Å². The highest BCUT2D eigenvalue weighted by atomic mass is 79.9. The van der Waals surface area contributed by atoms with E-state index in [0.717, 1.165) is 16.1 Å². The Hall–Kier alpha value is -1.18. The lowest BCUT2D eigenvalue weighted by molar-refractivity contribution is -0.154. The van der Waals surface area contributed by atoms with Crippen LogP contribution >= 0.6 is 15.9 Å². The molecule has 30 heavy (non-hydrogen) atoms. The maximum Gasteiger partial charge on any atom is 0.316 e. The zero-order chi connectivity index (χ0) is 23.0. The number of hydrogen-bond acceptors (Lipinski definition) is 5. The van der Waals surface area contributed by atoms with Crippen LogP contribution in [-0.2, 0) is 29.2 Å². The molecule has 0 radical (unpaired) electrons. The predicted octanol–water partition coefficient (Wildman–Crippen LogP) is 5.58. The summed E-state index contributed by atoms with van der Waals surface area (Å²) in [7, 11) is 0.0958. The normalized spacial score (nSPS) is 14.1. The second-order valence-corrected chi connectivity index (χ2v) is 16.4. The third-order valence-electron chi connectivity index (χ3n) is 5.16. The lowest BCUT2D eigenvalue weighted by atomic mass is 9.78. The van der Waals surface area contributed by atoms with Gasteiger partial charge >= 0.3 is 11.9 Å². The van der Waals surface area contributed by atoms with Gasteiger partial charge in [0.15, 0.2) is 0 Å². The molecule has 1 aromatic rings. The standard InChI is InChI=1S/C23H37BrO5Si/c1-22(2,20(25)27-4)17-28-13-9-12-23(3,18-10-8-11-19(24)16-18)21(26)29-14-15-30(5,6)7/h8,10-11,16H,9,12-15,17H2,1-7H3. The summed E-state index contributed by atoms with van der Waals surface area (Å²) in [5.41, 5.74) is -0.535. The van der Waals surface area contributed by atoms with Gasteiger partial charge in [0, 0.05) is 19.2 Å². The molecule has 0 amide bonds. The molecule has 1 aromatic carbocycles. The molecule has 0 heterocycles. The molecule has 0 aromatic heterocycles. The van der Waals surface area contributed by atoms with Crippen LogP contribution in [0.25, 0.3) is 0 Å². The third-order valence-corrected chi connectivity index (χ3v) is 7.36. The highest BCUT2D eigenvalue weighted by molar-refractivity contribution is 9.10. The summed E-state index contributed by atoms with van der Waals surface area (Å²) >= 11 is 3.50. The van der Waals surface area contributed by atoms with Crippen LogP contribution in [0.1, 0.15) is 39.2 Å². The van der Waals surface area contributed by atoms with Crippen molar-refractivity contribution in [2.45, 2.75) is 64.7 Å². The first-order chi connectivity index (χ1) is 13.8. The van der Waals surface area contributed by atoms with Crippen molar-refractivity contribution in [3.8, 4) is 0 Å². The number of rotatable bonds is 12. The molecule has 5 nitrogen and oxygen atoms in total. The van der Waals surface area contributed by atoms with E-state index in [2.05, 4.69) is 35.6 Å². The van der Waals surface area contributed by atoms with Gasteiger partial charge in [0.25, 0.3) is 0 Å². The lowest BCUT2D eigenvalue weighted by Gasteiger charge is -2.29. The summed E-state index contributed by atoms with van der Waals surface area (Å²) < 4.78 is 17.2. The van der Waals surface area contributed by atoms with Gasteiger partial charge in [-0.15, -0.1) is 0 Å². The largest absolute Gasteiger partial charge is 0.469 e. The van der Waals surface area contributed by atoms with E-state index in [1.165, 1.54) is 7.11 Å². The number of halogens is 1. The van der Waals surface area contributed by atoms with E-state index in [1.807, 2.05) is 31.2 Å². The monoisotopic (exact) mass is 500 g/mol. The first kappa shape index (κ1) is 26.9. The molecular formula is C23H37BrO5Si. The summed E-state index contributed by atoms with van der Waals surface area (Å²) in [6.07, 6.45) is 1.26. The Morgan fingerprint density at radius 3 is 2.30 bits per heavy atom. The van der Waals surface area contributed by atoms with Gasteiger partial charge in [-0.3, -0.25) is 9.59 Å². The van der Waals surface area contributed by atoms with Gasteiger partial charge in [-0.25, -0.2) is 0 Å². The minimum atomic E-state index is -1.28. The van der Waals surface area contributed by atoms with Crippen molar-refractivity contribution in [3.05, 3.63) is 34.3 Å². The highest BCUT2D eigenvalue weighted by Gasteiger charge is 2.37. The van der Waals surface area contributed by atoms with E-state index in [0.29, 0.717) is 26.1 Å². The molecule has 1 rings (SSSR count). The van der Waals surface area contributed by atoms with E-state index in [9.17, 15) is 9.59 Å². The van der Waals surface area contributed by atoms with Gasteiger partial charge in [-0.05, 0) is 57.4 Å².